The third kappa shape index (κ3) is 6.83. The van der Waals surface area contributed by atoms with Crippen molar-refractivity contribution < 1.29 is 23.8 Å². The number of hydrogen-bond donors (Lipinski definition) is 1. The number of nitrogens with zero attached hydrogens (tertiary/aromatic N) is 2. The molecule has 0 spiro atoms. The Bertz CT molecular complexity index is 1750. The summed E-state index contributed by atoms with van der Waals surface area (Å²) in [5.41, 5.74) is 3.58. The molecule has 1 saturated heterocycles. The lowest BCUT2D eigenvalue weighted by Crippen LogP contribution is -2.36. The molecule has 6 rings (SSSR count). The molecule has 1 N–H and O–H groups in total. The first-order chi connectivity index (χ1) is 21.5. The van der Waals surface area contributed by atoms with Crippen molar-refractivity contribution in [2.45, 2.75) is 38.4 Å². The predicted molar refractivity (Wildman–Crippen MR) is 167 cm³/mol. The summed E-state index contributed by atoms with van der Waals surface area (Å²) in [5, 5.41) is 9.95. The van der Waals surface area contributed by atoms with Crippen molar-refractivity contribution in [3.8, 4) is 40.5 Å². The van der Waals surface area contributed by atoms with Gasteiger partial charge >= 0.3 is 5.97 Å². The maximum Gasteiger partial charge on any atom is 0.320 e. The molecule has 1 aromatic heterocycles. The normalized spacial score (nSPS) is 16.2. The van der Waals surface area contributed by atoms with Crippen LogP contribution in [0.5, 0.6) is 17.2 Å². The van der Waals surface area contributed by atoms with Gasteiger partial charge in [0.25, 0.3) is 0 Å². The molecule has 7 heteroatoms. The average molecular weight is 585 g/mol. The highest BCUT2D eigenvalue weighted by Gasteiger charge is 2.38. The summed E-state index contributed by atoms with van der Waals surface area (Å²) in [5.74, 6) is 8.67. The minimum atomic E-state index is -0.798. The SMILES string of the molecule is Cc1oc(-c2ccccc2)nc1C#CCOc1ccc(C2CCC(C(=O)O)N2Cc2ccc(Oc3ccccc3)cc2)cc1. The molecule has 1 fully saturated rings. The maximum absolute atomic E-state index is 12.1. The Labute approximate surface area is 256 Å². The quantitative estimate of drug-likeness (QED) is 0.178. The van der Waals surface area contributed by atoms with Crippen LogP contribution in [0.25, 0.3) is 11.5 Å². The number of aromatic nitrogens is 1. The lowest BCUT2D eigenvalue weighted by Gasteiger charge is -2.28. The van der Waals surface area contributed by atoms with Gasteiger partial charge in [-0.15, -0.1) is 0 Å². The van der Waals surface area contributed by atoms with E-state index in [1.807, 2.05) is 116 Å². The first-order valence-corrected chi connectivity index (χ1v) is 14.6. The average Bonchev–Trinajstić information content (AvgIpc) is 3.65. The Kier molecular flexibility index (Phi) is 8.72. The van der Waals surface area contributed by atoms with Crippen molar-refractivity contribution in [2.24, 2.45) is 0 Å². The number of benzene rings is 4. The van der Waals surface area contributed by atoms with Crippen molar-refractivity contribution >= 4 is 5.97 Å². The molecular formula is C37H32N2O5. The zero-order valence-corrected chi connectivity index (χ0v) is 24.4. The second kappa shape index (κ2) is 13.3. The smallest absolute Gasteiger partial charge is 0.320 e. The number of likely N-dealkylation sites (tertiary alicyclic amines) is 1. The van der Waals surface area contributed by atoms with E-state index in [4.69, 9.17) is 13.9 Å². The minimum absolute atomic E-state index is 0.0147. The predicted octanol–water partition coefficient (Wildman–Crippen LogP) is 7.66. The van der Waals surface area contributed by atoms with Gasteiger partial charge in [0.2, 0.25) is 5.89 Å². The molecule has 44 heavy (non-hydrogen) atoms. The standard InChI is InChI=1S/C37H32N2O5/c1-26-33(38-36(43-26)29-9-4-2-5-10-29)13-8-24-42-30-20-16-28(17-21-30)34-22-23-35(37(40)41)39(34)25-27-14-18-32(19-15-27)44-31-11-6-3-7-12-31/h2-7,9-12,14-21,34-35H,22-25H2,1H3,(H,40,41). The van der Waals surface area contributed by atoms with E-state index >= 15 is 0 Å². The van der Waals surface area contributed by atoms with E-state index < -0.39 is 12.0 Å². The molecule has 0 amide bonds. The van der Waals surface area contributed by atoms with E-state index in [1.165, 1.54) is 0 Å². The van der Waals surface area contributed by atoms with Crippen LogP contribution in [0.15, 0.2) is 114 Å². The molecule has 1 aliphatic rings. The first kappa shape index (κ1) is 28.8. The Morgan fingerprint density at radius 2 is 1.55 bits per heavy atom. The van der Waals surface area contributed by atoms with E-state index in [9.17, 15) is 9.90 Å². The number of aliphatic carboxylic acids is 1. The zero-order chi connectivity index (χ0) is 30.3. The van der Waals surface area contributed by atoms with Crippen LogP contribution in [-0.2, 0) is 11.3 Å². The summed E-state index contributed by atoms with van der Waals surface area (Å²) in [6.45, 7) is 2.57. The van der Waals surface area contributed by atoms with Gasteiger partial charge in [-0.1, -0.05) is 66.6 Å². The Balaban J connectivity index is 1.08. The number of oxazole rings is 1. The monoisotopic (exact) mass is 584 g/mol. The summed E-state index contributed by atoms with van der Waals surface area (Å²) in [6.07, 6.45) is 1.36. The van der Waals surface area contributed by atoms with Crippen molar-refractivity contribution in [2.75, 3.05) is 6.61 Å². The van der Waals surface area contributed by atoms with Gasteiger partial charge in [-0.25, -0.2) is 4.98 Å². The Morgan fingerprint density at radius 3 is 2.25 bits per heavy atom. The van der Waals surface area contributed by atoms with Gasteiger partial charge in [-0.3, -0.25) is 9.69 Å². The van der Waals surface area contributed by atoms with Crippen molar-refractivity contribution in [3.05, 3.63) is 132 Å². The molecule has 220 valence electrons. The van der Waals surface area contributed by atoms with Crippen LogP contribution < -0.4 is 9.47 Å². The van der Waals surface area contributed by atoms with Crippen LogP contribution in [0.1, 0.15) is 41.5 Å². The lowest BCUT2D eigenvalue weighted by molar-refractivity contribution is -0.142. The Morgan fingerprint density at radius 1 is 0.886 bits per heavy atom. The molecule has 0 aliphatic carbocycles. The van der Waals surface area contributed by atoms with Gasteiger partial charge in [0.15, 0.2) is 5.69 Å². The Hall–Kier alpha value is -5.32. The second-order valence-corrected chi connectivity index (χ2v) is 10.6. The maximum atomic E-state index is 12.1. The molecule has 7 nitrogen and oxygen atoms in total. The number of carboxylic acids is 1. The van der Waals surface area contributed by atoms with E-state index in [-0.39, 0.29) is 12.6 Å². The van der Waals surface area contributed by atoms with Crippen LogP contribution in [0, 0.1) is 18.8 Å². The number of aryl methyl sites for hydroxylation is 1. The molecule has 2 unspecified atom stereocenters. The fourth-order valence-electron chi connectivity index (χ4n) is 5.45. The van der Waals surface area contributed by atoms with Gasteiger partial charge in [0.05, 0.1) is 0 Å². The number of ether oxygens (including phenoxy) is 2. The van der Waals surface area contributed by atoms with Crippen molar-refractivity contribution in [1.29, 1.82) is 0 Å². The summed E-state index contributed by atoms with van der Waals surface area (Å²) < 4.78 is 17.5. The zero-order valence-electron chi connectivity index (χ0n) is 24.4. The summed E-state index contributed by atoms with van der Waals surface area (Å²) in [7, 11) is 0. The van der Waals surface area contributed by atoms with E-state index in [2.05, 4.69) is 21.7 Å². The minimum Gasteiger partial charge on any atom is -0.481 e. The summed E-state index contributed by atoms with van der Waals surface area (Å²) in [4.78, 5) is 18.7. The van der Waals surface area contributed by atoms with Gasteiger partial charge in [0.1, 0.15) is 35.7 Å². The third-order valence-electron chi connectivity index (χ3n) is 7.67. The highest BCUT2D eigenvalue weighted by molar-refractivity contribution is 5.74. The van der Waals surface area contributed by atoms with E-state index in [0.717, 1.165) is 34.6 Å². The summed E-state index contributed by atoms with van der Waals surface area (Å²) in [6, 6.07) is 34.4. The number of para-hydroxylation sites is 1. The molecular weight excluding hydrogens is 552 g/mol. The van der Waals surface area contributed by atoms with Crippen LogP contribution in [0.3, 0.4) is 0 Å². The molecule has 5 aromatic rings. The van der Waals surface area contributed by atoms with Crippen LogP contribution in [0.4, 0.5) is 0 Å². The molecule has 0 saturated carbocycles. The third-order valence-corrected chi connectivity index (χ3v) is 7.67. The highest BCUT2D eigenvalue weighted by Crippen LogP contribution is 2.38. The van der Waals surface area contributed by atoms with Gasteiger partial charge in [0, 0.05) is 18.2 Å². The lowest BCUT2D eigenvalue weighted by atomic mass is 10.0. The van der Waals surface area contributed by atoms with Crippen molar-refractivity contribution in [3.63, 3.8) is 0 Å². The molecule has 2 heterocycles. The number of rotatable bonds is 9. The largest absolute Gasteiger partial charge is 0.481 e. The van der Waals surface area contributed by atoms with Crippen LogP contribution in [0.2, 0.25) is 0 Å². The topological polar surface area (TPSA) is 85.0 Å². The number of carbonyl (C=O) groups is 1. The van der Waals surface area contributed by atoms with Crippen molar-refractivity contribution in [1.82, 2.24) is 9.88 Å². The van der Waals surface area contributed by atoms with E-state index in [1.54, 1.807) is 0 Å². The van der Waals surface area contributed by atoms with E-state index in [0.29, 0.717) is 36.1 Å². The van der Waals surface area contributed by atoms with Crippen LogP contribution >= 0.6 is 0 Å². The fraction of sp³-hybridized carbons (Fsp3) is 0.189. The fourth-order valence-corrected chi connectivity index (χ4v) is 5.45. The molecule has 1 aliphatic heterocycles. The molecule has 2 atom stereocenters. The first-order valence-electron chi connectivity index (χ1n) is 14.6. The number of hydrogen-bond acceptors (Lipinski definition) is 6. The molecule has 4 aromatic carbocycles. The van der Waals surface area contributed by atoms with Gasteiger partial charge in [-0.2, -0.15) is 0 Å². The van der Waals surface area contributed by atoms with Crippen LogP contribution in [-0.4, -0.2) is 33.6 Å². The molecule has 0 bridgehead atoms. The summed E-state index contributed by atoms with van der Waals surface area (Å²) >= 11 is 0. The van der Waals surface area contributed by atoms with Gasteiger partial charge < -0.3 is 19.0 Å². The number of carboxylic acid groups (broad SMARTS) is 1. The second-order valence-electron chi connectivity index (χ2n) is 10.6. The molecule has 0 radical (unpaired) electrons. The highest BCUT2D eigenvalue weighted by atomic mass is 16.5. The van der Waals surface area contributed by atoms with Gasteiger partial charge in [-0.05, 0) is 85.3 Å².